The summed E-state index contributed by atoms with van der Waals surface area (Å²) in [5, 5.41) is 12.4. The maximum atomic E-state index is 13.3. The number of likely N-dealkylation sites (N-methyl/N-ethyl adjacent to an activating group) is 1. The average molecular weight is 540 g/mol. The molecule has 204 valence electrons. The van der Waals surface area contributed by atoms with E-state index in [0.29, 0.717) is 11.1 Å². The highest BCUT2D eigenvalue weighted by Crippen LogP contribution is 2.34. The normalized spacial score (nSPS) is 14.9. The number of piperazine rings is 1. The lowest BCUT2D eigenvalue weighted by Gasteiger charge is -2.32. The Labute approximate surface area is 241 Å². The van der Waals surface area contributed by atoms with Crippen molar-refractivity contribution in [3.8, 4) is 23.0 Å². The molecule has 1 unspecified atom stereocenters. The Morgan fingerprint density at radius 2 is 1.66 bits per heavy atom. The van der Waals surface area contributed by atoms with Crippen molar-refractivity contribution in [1.29, 1.82) is 0 Å². The van der Waals surface area contributed by atoms with Crippen molar-refractivity contribution in [3.05, 3.63) is 131 Å². The first-order valence-electron chi connectivity index (χ1n) is 14.0. The number of aromatic amines is 1. The Morgan fingerprint density at radius 1 is 0.878 bits per heavy atom. The van der Waals surface area contributed by atoms with Crippen LogP contribution in [0.15, 0.2) is 103 Å². The summed E-state index contributed by atoms with van der Waals surface area (Å²) < 4.78 is 0. The van der Waals surface area contributed by atoms with E-state index in [1.807, 2.05) is 48.7 Å². The van der Waals surface area contributed by atoms with Crippen LogP contribution in [0.2, 0.25) is 0 Å². The zero-order valence-electron chi connectivity index (χ0n) is 23.2. The Morgan fingerprint density at radius 3 is 2.44 bits per heavy atom. The van der Waals surface area contributed by atoms with Gasteiger partial charge in [-0.15, -0.1) is 0 Å². The third-order valence-corrected chi connectivity index (χ3v) is 7.84. The molecule has 5 aromatic rings. The van der Waals surface area contributed by atoms with Gasteiger partial charge >= 0.3 is 0 Å². The number of ketones is 1. The van der Waals surface area contributed by atoms with Crippen LogP contribution in [-0.4, -0.2) is 58.9 Å². The maximum Gasteiger partial charge on any atom is 0.195 e. The molecule has 0 aliphatic carbocycles. The van der Waals surface area contributed by atoms with Crippen molar-refractivity contribution >= 4 is 16.7 Å². The molecule has 41 heavy (non-hydrogen) atoms. The number of rotatable bonds is 6. The average Bonchev–Trinajstić information content (AvgIpc) is 3.49. The molecular formula is C36H33N3O2. The number of H-pyrrole nitrogens is 1. The predicted octanol–water partition coefficient (Wildman–Crippen LogP) is 5.90. The van der Waals surface area contributed by atoms with Gasteiger partial charge in [0.1, 0.15) is 6.10 Å². The van der Waals surface area contributed by atoms with E-state index in [1.54, 1.807) is 24.3 Å². The van der Waals surface area contributed by atoms with Gasteiger partial charge in [0.05, 0.1) is 0 Å². The second kappa shape index (κ2) is 12.0. The molecule has 1 atom stereocenters. The molecule has 1 aliphatic heterocycles. The molecule has 5 heteroatoms. The third-order valence-electron chi connectivity index (χ3n) is 7.84. The van der Waals surface area contributed by atoms with Gasteiger partial charge in [-0.1, -0.05) is 72.5 Å². The van der Waals surface area contributed by atoms with Gasteiger partial charge in [0.2, 0.25) is 0 Å². The highest BCUT2D eigenvalue weighted by Gasteiger charge is 2.24. The molecule has 2 N–H and O–H groups in total. The van der Waals surface area contributed by atoms with Gasteiger partial charge < -0.3 is 15.0 Å². The fourth-order valence-corrected chi connectivity index (χ4v) is 5.43. The number of nitrogens with one attached hydrogen (secondary N) is 1. The summed E-state index contributed by atoms with van der Waals surface area (Å²) in [6.45, 7) is 5.33. The zero-order valence-corrected chi connectivity index (χ0v) is 23.2. The number of fused-ring (bicyclic) bond motifs is 1. The van der Waals surface area contributed by atoms with Gasteiger partial charge in [-0.25, -0.2) is 0 Å². The first-order valence-corrected chi connectivity index (χ1v) is 14.0. The minimum atomic E-state index is -1.31. The number of hydrogen-bond donors (Lipinski definition) is 2. The minimum Gasteiger partial charge on any atom is -0.380 e. The molecule has 2 heterocycles. The second-order valence-electron chi connectivity index (χ2n) is 10.7. The fraction of sp³-hybridized carbons (Fsp3) is 0.194. The van der Waals surface area contributed by atoms with Crippen LogP contribution in [0.5, 0.6) is 0 Å². The fourth-order valence-electron chi connectivity index (χ4n) is 5.43. The number of aromatic nitrogens is 1. The van der Waals surface area contributed by atoms with Gasteiger partial charge in [0.15, 0.2) is 5.78 Å². The molecule has 1 aromatic heterocycles. The summed E-state index contributed by atoms with van der Waals surface area (Å²) in [5.41, 5.74) is 6.68. The molecule has 0 spiro atoms. The van der Waals surface area contributed by atoms with Crippen molar-refractivity contribution in [2.24, 2.45) is 0 Å². The standard InChI is InChI=1S/C36H33N3O2/c1-38-20-22-39(23-21-38)25-27-12-10-26(11-13-27)14-15-28-8-5-9-32(36(41)35(40)29-6-3-2-4-7-29)34(28)31-16-17-33-30(24-31)18-19-37-33/h2-13,16-19,24,36-37,41H,20-23,25H2,1H3. The number of hydrogen-bond acceptors (Lipinski definition) is 4. The second-order valence-corrected chi connectivity index (χ2v) is 10.7. The first kappa shape index (κ1) is 26.7. The summed E-state index contributed by atoms with van der Waals surface area (Å²) in [6, 6.07) is 31.1. The van der Waals surface area contributed by atoms with E-state index in [0.717, 1.165) is 65.9 Å². The van der Waals surface area contributed by atoms with Crippen LogP contribution in [0.1, 0.15) is 38.7 Å². The molecule has 5 nitrogen and oxygen atoms in total. The lowest BCUT2D eigenvalue weighted by Crippen LogP contribution is -2.43. The highest BCUT2D eigenvalue weighted by atomic mass is 16.3. The van der Waals surface area contributed by atoms with Gasteiger partial charge in [-0.3, -0.25) is 9.69 Å². The summed E-state index contributed by atoms with van der Waals surface area (Å²) in [5.74, 6) is 6.34. The molecule has 6 rings (SSSR count). The van der Waals surface area contributed by atoms with Crippen LogP contribution in [0, 0.1) is 11.8 Å². The van der Waals surface area contributed by atoms with Gasteiger partial charge in [-0.05, 0) is 65.5 Å². The van der Waals surface area contributed by atoms with Crippen LogP contribution < -0.4 is 0 Å². The van der Waals surface area contributed by atoms with E-state index in [9.17, 15) is 9.90 Å². The number of Topliss-reactive ketones (excluding diaryl/α,β-unsaturated/α-hetero) is 1. The molecule has 0 bridgehead atoms. The van der Waals surface area contributed by atoms with Crippen molar-refractivity contribution in [2.45, 2.75) is 12.6 Å². The van der Waals surface area contributed by atoms with Crippen molar-refractivity contribution < 1.29 is 9.90 Å². The SMILES string of the molecule is CN1CCN(Cc2ccc(C#Cc3cccc(C(O)C(=O)c4ccccc4)c3-c3ccc4[nH]ccc4c3)cc2)CC1. The van der Waals surface area contributed by atoms with E-state index in [-0.39, 0.29) is 5.78 Å². The molecule has 4 aromatic carbocycles. The first-order chi connectivity index (χ1) is 20.0. The molecule has 1 aliphatic rings. The quantitative estimate of drug-likeness (QED) is 0.208. The summed E-state index contributed by atoms with van der Waals surface area (Å²) >= 11 is 0. The van der Waals surface area contributed by atoms with Gasteiger partial charge in [0, 0.05) is 66.7 Å². The molecule has 1 fully saturated rings. The van der Waals surface area contributed by atoms with Gasteiger partial charge in [0.25, 0.3) is 0 Å². The lowest BCUT2D eigenvalue weighted by molar-refractivity contribution is 0.0748. The summed E-state index contributed by atoms with van der Waals surface area (Å²) in [4.78, 5) is 21.4. The summed E-state index contributed by atoms with van der Waals surface area (Å²) in [6.07, 6.45) is 0.590. The Kier molecular flexibility index (Phi) is 7.80. The maximum absolute atomic E-state index is 13.3. The highest BCUT2D eigenvalue weighted by molar-refractivity contribution is 6.01. The molecular weight excluding hydrogens is 506 g/mol. The van der Waals surface area contributed by atoms with Crippen molar-refractivity contribution in [3.63, 3.8) is 0 Å². The third kappa shape index (κ3) is 6.01. The van der Waals surface area contributed by atoms with Crippen LogP contribution >= 0.6 is 0 Å². The minimum absolute atomic E-state index is 0.337. The zero-order chi connectivity index (χ0) is 28.2. The topological polar surface area (TPSA) is 59.6 Å². The van der Waals surface area contributed by atoms with E-state index < -0.39 is 6.10 Å². The lowest BCUT2D eigenvalue weighted by atomic mass is 9.88. The Hall–Kier alpha value is -4.47. The molecule has 0 saturated carbocycles. The number of aliphatic hydroxyl groups is 1. The van der Waals surface area contributed by atoms with Crippen LogP contribution in [0.3, 0.4) is 0 Å². The largest absolute Gasteiger partial charge is 0.380 e. The summed E-state index contributed by atoms with van der Waals surface area (Å²) in [7, 11) is 2.17. The Bertz CT molecular complexity index is 1720. The van der Waals surface area contributed by atoms with Crippen molar-refractivity contribution in [2.75, 3.05) is 33.2 Å². The molecule has 0 amide bonds. The van der Waals surface area contributed by atoms with E-state index in [1.165, 1.54) is 5.56 Å². The number of nitrogens with zero attached hydrogens (tertiary/aromatic N) is 2. The van der Waals surface area contributed by atoms with Crippen LogP contribution in [-0.2, 0) is 6.54 Å². The Balaban J connectivity index is 1.33. The number of carbonyl (C=O) groups is 1. The van der Waals surface area contributed by atoms with Crippen LogP contribution in [0.4, 0.5) is 0 Å². The van der Waals surface area contributed by atoms with E-state index >= 15 is 0 Å². The van der Waals surface area contributed by atoms with E-state index in [2.05, 4.69) is 64.0 Å². The number of benzene rings is 4. The monoisotopic (exact) mass is 539 g/mol. The number of carbonyl (C=O) groups excluding carboxylic acids is 1. The number of aliphatic hydroxyl groups excluding tert-OH is 1. The molecule has 1 saturated heterocycles. The van der Waals surface area contributed by atoms with Gasteiger partial charge in [-0.2, -0.15) is 0 Å². The smallest absolute Gasteiger partial charge is 0.195 e. The van der Waals surface area contributed by atoms with Crippen LogP contribution in [0.25, 0.3) is 22.0 Å². The van der Waals surface area contributed by atoms with Crippen molar-refractivity contribution in [1.82, 2.24) is 14.8 Å². The predicted molar refractivity (Wildman–Crippen MR) is 165 cm³/mol. The van der Waals surface area contributed by atoms with E-state index in [4.69, 9.17) is 0 Å². The molecule has 0 radical (unpaired) electrons.